The minimum absolute atomic E-state index is 0.0229. The molecule has 0 spiro atoms. The third kappa shape index (κ3) is 3.85. The van der Waals surface area contributed by atoms with Gasteiger partial charge in [0.1, 0.15) is 0 Å². The van der Waals surface area contributed by atoms with Crippen molar-refractivity contribution in [1.82, 2.24) is 14.0 Å². The van der Waals surface area contributed by atoms with Gasteiger partial charge >= 0.3 is 5.69 Å². The number of hydrogen-bond acceptors (Lipinski definition) is 5. The smallest absolute Gasteiger partial charge is 0.291 e. The fourth-order valence-corrected chi connectivity index (χ4v) is 7.17. The van der Waals surface area contributed by atoms with Gasteiger partial charge in [0.15, 0.2) is 0 Å². The van der Waals surface area contributed by atoms with E-state index in [4.69, 9.17) is 0 Å². The Morgan fingerprint density at radius 3 is 2.31 bits per heavy atom. The quantitative estimate of drug-likeness (QED) is 0.605. The van der Waals surface area contributed by atoms with Crippen LogP contribution < -0.4 is 21.4 Å². The lowest BCUT2D eigenvalue weighted by molar-refractivity contribution is -0.120. The average Bonchev–Trinajstić information content (AvgIpc) is 3.71. The van der Waals surface area contributed by atoms with E-state index in [1.807, 2.05) is 6.92 Å². The number of carbonyl (C=O) groups excluding carboxylic acids is 1. The molecular weight excluding hydrogens is 468 g/mol. The van der Waals surface area contributed by atoms with Gasteiger partial charge in [-0.25, -0.2) is 17.9 Å². The zero-order valence-corrected chi connectivity index (χ0v) is 21.0. The molecule has 0 atom stereocenters. The van der Waals surface area contributed by atoms with E-state index in [1.54, 1.807) is 10.6 Å². The standard InChI is InChI=1S/C25H32N4O5S/c1-23(8-4-3-5-9-23)15-28-19-7-6-17(35(33,34)27-24(2)10-11-24)12-18(19)20(30)29(22(28)32)26-21(31)25-13-16(25)14-25/h6-7,12,16,27H,3-5,8-11,13-15H2,1-2H3,(H,26,31). The number of hydrogen-bond donors (Lipinski definition) is 2. The molecule has 0 bridgehead atoms. The van der Waals surface area contributed by atoms with Crippen molar-refractivity contribution >= 4 is 26.8 Å². The van der Waals surface area contributed by atoms with E-state index in [1.165, 1.54) is 12.1 Å². The lowest BCUT2D eigenvalue weighted by Crippen LogP contribution is -2.49. The van der Waals surface area contributed by atoms with E-state index in [0.29, 0.717) is 18.0 Å². The zero-order chi connectivity index (χ0) is 24.8. The minimum Gasteiger partial charge on any atom is -0.291 e. The van der Waals surface area contributed by atoms with Gasteiger partial charge in [0.05, 0.1) is 21.2 Å². The number of nitrogens with zero attached hydrogens (tertiary/aromatic N) is 2. The molecule has 0 radical (unpaired) electrons. The van der Waals surface area contributed by atoms with Gasteiger partial charge in [-0.3, -0.25) is 19.6 Å². The molecule has 9 nitrogen and oxygen atoms in total. The van der Waals surface area contributed by atoms with E-state index >= 15 is 0 Å². The summed E-state index contributed by atoms with van der Waals surface area (Å²) < 4.78 is 31.1. The van der Waals surface area contributed by atoms with Crippen LogP contribution in [0, 0.1) is 16.7 Å². The first kappa shape index (κ1) is 23.0. The molecule has 4 fully saturated rings. The Morgan fingerprint density at radius 1 is 1.06 bits per heavy atom. The van der Waals surface area contributed by atoms with Crippen molar-refractivity contribution in [3.8, 4) is 0 Å². The van der Waals surface area contributed by atoms with Crippen molar-refractivity contribution in [2.24, 2.45) is 16.7 Å². The second-order valence-electron chi connectivity index (χ2n) is 11.9. The molecule has 0 aliphatic heterocycles. The first-order valence-corrected chi connectivity index (χ1v) is 14.1. The van der Waals surface area contributed by atoms with Crippen LogP contribution in [-0.4, -0.2) is 29.1 Å². The maximum absolute atomic E-state index is 13.6. The Bertz CT molecular complexity index is 1470. The van der Waals surface area contributed by atoms with E-state index in [-0.39, 0.29) is 21.6 Å². The van der Waals surface area contributed by atoms with Crippen LogP contribution in [0.1, 0.15) is 71.6 Å². The summed E-state index contributed by atoms with van der Waals surface area (Å²) in [4.78, 5) is 39.8. The number of aromatic nitrogens is 2. The summed E-state index contributed by atoms with van der Waals surface area (Å²) in [6.07, 6.45) is 8.36. The van der Waals surface area contributed by atoms with Gasteiger partial charge in [0, 0.05) is 12.1 Å². The number of rotatable bonds is 7. The van der Waals surface area contributed by atoms with E-state index < -0.39 is 32.2 Å². The third-order valence-corrected chi connectivity index (χ3v) is 10.4. The zero-order valence-electron chi connectivity index (χ0n) is 20.2. The molecule has 4 saturated carbocycles. The Kier molecular flexibility index (Phi) is 4.78. The molecule has 0 unspecified atom stereocenters. The van der Waals surface area contributed by atoms with Crippen LogP contribution in [0.3, 0.4) is 0 Å². The second kappa shape index (κ2) is 7.29. The van der Waals surface area contributed by atoms with Gasteiger partial charge in [0.25, 0.3) is 5.56 Å². The van der Waals surface area contributed by atoms with Crippen LogP contribution in [-0.2, 0) is 21.4 Å². The van der Waals surface area contributed by atoms with Crippen LogP contribution in [0.2, 0.25) is 0 Å². The summed E-state index contributed by atoms with van der Waals surface area (Å²) in [6.45, 7) is 4.39. The summed E-state index contributed by atoms with van der Waals surface area (Å²) in [7, 11) is -3.84. The van der Waals surface area contributed by atoms with Gasteiger partial charge in [0.2, 0.25) is 15.9 Å². The molecule has 188 valence electrons. The number of fused-ring (bicyclic) bond motifs is 2. The highest BCUT2D eigenvalue weighted by atomic mass is 32.2. The molecule has 2 N–H and O–H groups in total. The lowest BCUT2D eigenvalue weighted by Gasteiger charge is -2.34. The average molecular weight is 501 g/mol. The topological polar surface area (TPSA) is 119 Å². The van der Waals surface area contributed by atoms with Gasteiger partial charge in [-0.1, -0.05) is 26.2 Å². The first-order valence-electron chi connectivity index (χ1n) is 12.6. The molecule has 35 heavy (non-hydrogen) atoms. The molecule has 4 aliphatic carbocycles. The van der Waals surface area contributed by atoms with Crippen molar-refractivity contribution < 1.29 is 13.2 Å². The number of sulfonamides is 1. The van der Waals surface area contributed by atoms with Crippen molar-refractivity contribution in [3.05, 3.63) is 39.0 Å². The number of nitrogens with one attached hydrogen (secondary N) is 2. The molecule has 6 rings (SSSR count). The Labute approximate surface area is 203 Å². The number of benzene rings is 1. The fraction of sp³-hybridized carbons (Fsp3) is 0.640. The maximum atomic E-state index is 13.6. The van der Waals surface area contributed by atoms with Crippen LogP contribution in [0.15, 0.2) is 32.7 Å². The molecule has 1 aromatic heterocycles. The summed E-state index contributed by atoms with van der Waals surface area (Å²) in [6, 6.07) is 4.34. The van der Waals surface area contributed by atoms with Crippen molar-refractivity contribution in [2.75, 3.05) is 5.43 Å². The Balaban J connectivity index is 1.48. The lowest BCUT2D eigenvalue weighted by atomic mass is 9.75. The SMILES string of the molecule is CC1(Cn2c(=O)n(NC(=O)C34CC3C4)c(=O)c3cc(S(=O)(=O)NC4(C)CC4)ccc32)CCCCC1. The van der Waals surface area contributed by atoms with Crippen molar-refractivity contribution in [3.63, 3.8) is 0 Å². The Morgan fingerprint density at radius 2 is 1.71 bits per heavy atom. The van der Waals surface area contributed by atoms with Crippen LogP contribution in [0.5, 0.6) is 0 Å². The van der Waals surface area contributed by atoms with Gasteiger partial charge in [-0.05, 0) is 75.0 Å². The minimum atomic E-state index is -3.84. The number of carbonyl (C=O) groups is 1. The highest BCUT2D eigenvalue weighted by Gasteiger charge is 2.74. The summed E-state index contributed by atoms with van der Waals surface area (Å²) >= 11 is 0. The summed E-state index contributed by atoms with van der Waals surface area (Å²) in [5.41, 5.74) is 0.683. The monoisotopic (exact) mass is 500 g/mol. The predicted molar refractivity (Wildman–Crippen MR) is 131 cm³/mol. The van der Waals surface area contributed by atoms with E-state index in [2.05, 4.69) is 17.1 Å². The van der Waals surface area contributed by atoms with E-state index in [9.17, 15) is 22.8 Å². The highest BCUT2D eigenvalue weighted by Crippen LogP contribution is 2.75. The third-order valence-electron chi connectivity index (χ3n) is 8.75. The molecule has 4 aliphatic rings. The summed E-state index contributed by atoms with van der Waals surface area (Å²) in [5, 5.41) is 0.105. The normalized spacial score (nSPS) is 27.8. The molecular formula is C25H32N4O5S. The molecule has 1 heterocycles. The van der Waals surface area contributed by atoms with Crippen LogP contribution >= 0.6 is 0 Å². The molecule has 10 heteroatoms. The van der Waals surface area contributed by atoms with Crippen molar-refractivity contribution in [2.45, 2.75) is 88.6 Å². The van der Waals surface area contributed by atoms with Crippen molar-refractivity contribution in [1.29, 1.82) is 0 Å². The second-order valence-corrected chi connectivity index (χ2v) is 13.6. The van der Waals surface area contributed by atoms with Gasteiger partial charge < -0.3 is 0 Å². The molecule has 1 aromatic carbocycles. The van der Waals surface area contributed by atoms with Crippen LogP contribution in [0.4, 0.5) is 0 Å². The number of amides is 1. The Hall–Kier alpha value is -2.46. The van der Waals surface area contributed by atoms with Gasteiger partial charge in [-0.15, -0.1) is 0 Å². The maximum Gasteiger partial charge on any atom is 0.350 e. The predicted octanol–water partition coefficient (Wildman–Crippen LogP) is 2.44. The largest absolute Gasteiger partial charge is 0.350 e. The van der Waals surface area contributed by atoms with E-state index in [0.717, 1.165) is 62.5 Å². The fourth-order valence-electron chi connectivity index (χ4n) is 5.67. The van der Waals surface area contributed by atoms with Gasteiger partial charge in [-0.2, -0.15) is 4.68 Å². The summed E-state index contributed by atoms with van der Waals surface area (Å²) in [5.74, 6) is 0.0530. The molecule has 1 amide bonds. The highest BCUT2D eigenvalue weighted by molar-refractivity contribution is 7.89. The first-order chi connectivity index (χ1) is 16.5. The molecule has 2 aromatic rings. The molecule has 0 saturated heterocycles. The van der Waals surface area contributed by atoms with Crippen LogP contribution in [0.25, 0.3) is 10.9 Å².